The van der Waals surface area contributed by atoms with Gasteiger partial charge in [-0.2, -0.15) is 0 Å². The van der Waals surface area contributed by atoms with Gasteiger partial charge < -0.3 is 19.2 Å². The van der Waals surface area contributed by atoms with Crippen LogP contribution in [0.1, 0.15) is 33.1 Å². The van der Waals surface area contributed by atoms with Crippen molar-refractivity contribution >= 4 is 23.2 Å². The van der Waals surface area contributed by atoms with E-state index in [-0.39, 0.29) is 18.2 Å². The first-order chi connectivity index (χ1) is 15.6. The zero-order valence-corrected chi connectivity index (χ0v) is 17.6. The molecular weight excluding hydrogens is 404 g/mol. The van der Waals surface area contributed by atoms with E-state index in [2.05, 4.69) is 14.9 Å². The van der Waals surface area contributed by atoms with Crippen molar-refractivity contribution in [3.8, 4) is 0 Å². The molecule has 0 fully saturated rings. The molecule has 0 atom stereocenters. The van der Waals surface area contributed by atoms with E-state index in [1.165, 1.54) is 0 Å². The molecule has 0 aliphatic carbocycles. The third kappa shape index (κ3) is 3.80. The number of rotatable bonds is 4. The number of nitrogens with zero attached hydrogens (tertiary/aromatic N) is 3. The molecule has 4 aromatic rings. The molecule has 2 aromatic heterocycles. The minimum Gasteiger partial charge on any atom is -0.469 e. The van der Waals surface area contributed by atoms with Gasteiger partial charge in [0.1, 0.15) is 11.6 Å². The Morgan fingerprint density at radius 2 is 1.88 bits per heavy atom. The maximum atomic E-state index is 13.4. The Balaban J connectivity index is 1.34. The van der Waals surface area contributed by atoms with E-state index in [4.69, 9.17) is 4.42 Å². The Hall–Kier alpha value is -4.13. The second-order valence-corrected chi connectivity index (χ2v) is 7.80. The number of aryl methyl sites for hydroxylation is 1. The predicted octanol–water partition coefficient (Wildman–Crippen LogP) is 4.17. The smallest absolute Gasteiger partial charge is 0.258 e. The average Bonchev–Trinajstić information content (AvgIpc) is 3.37. The fourth-order valence-corrected chi connectivity index (χ4v) is 3.96. The van der Waals surface area contributed by atoms with Gasteiger partial charge in [-0.15, -0.1) is 0 Å². The van der Waals surface area contributed by atoms with E-state index >= 15 is 0 Å². The Bertz CT molecular complexity index is 1290. The fraction of sp³-hybridized carbons (Fsp3) is 0.160. The first kappa shape index (κ1) is 19.8. The number of nitrogens with one attached hydrogen (secondary N) is 1. The number of para-hydroxylation sites is 1. The number of hydrogen-bond acceptors (Lipinski definition) is 4. The lowest BCUT2D eigenvalue weighted by atomic mass is 10.1. The van der Waals surface area contributed by atoms with Crippen LogP contribution in [0.2, 0.25) is 0 Å². The fourth-order valence-electron chi connectivity index (χ4n) is 3.96. The van der Waals surface area contributed by atoms with Crippen LogP contribution in [0.4, 0.5) is 11.4 Å². The van der Waals surface area contributed by atoms with Crippen molar-refractivity contribution < 1.29 is 14.0 Å². The predicted molar refractivity (Wildman–Crippen MR) is 121 cm³/mol. The summed E-state index contributed by atoms with van der Waals surface area (Å²) in [5, 5.41) is 2.87. The number of hydrogen-bond donors (Lipinski definition) is 1. The summed E-state index contributed by atoms with van der Waals surface area (Å²) in [7, 11) is 0. The third-order valence-corrected chi connectivity index (χ3v) is 5.70. The SMILES string of the molecule is Cc1occc1CC(=O)Nc1ccc(C(=O)N2Cc3nccn3Cc3ccccc32)cc1. The molecule has 0 radical (unpaired) electrons. The van der Waals surface area contributed by atoms with Crippen LogP contribution >= 0.6 is 0 Å². The van der Waals surface area contributed by atoms with Crippen LogP contribution in [0.15, 0.2) is 77.7 Å². The Morgan fingerprint density at radius 3 is 2.66 bits per heavy atom. The first-order valence-electron chi connectivity index (χ1n) is 10.4. The summed E-state index contributed by atoms with van der Waals surface area (Å²) >= 11 is 0. The maximum absolute atomic E-state index is 13.4. The molecular formula is C25H22N4O3. The minimum atomic E-state index is -0.137. The van der Waals surface area contributed by atoms with Crippen LogP contribution in [-0.2, 0) is 24.3 Å². The van der Waals surface area contributed by atoms with Crippen molar-refractivity contribution in [1.29, 1.82) is 0 Å². The summed E-state index contributed by atoms with van der Waals surface area (Å²) in [4.78, 5) is 31.9. The van der Waals surface area contributed by atoms with Gasteiger partial charge in [-0.1, -0.05) is 18.2 Å². The number of carbonyl (C=O) groups excluding carboxylic acids is 2. The number of furan rings is 1. The zero-order valence-electron chi connectivity index (χ0n) is 17.6. The molecule has 7 nitrogen and oxygen atoms in total. The topological polar surface area (TPSA) is 80.4 Å². The minimum absolute atomic E-state index is 0.110. The van der Waals surface area contributed by atoms with E-state index in [1.54, 1.807) is 47.7 Å². The van der Waals surface area contributed by atoms with E-state index in [9.17, 15) is 9.59 Å². The van der Waals surface area contributed by atoms with Gasteiger partial charge in [0.05, 0.1) is 25.8 Å². The third-order valence-electron chi connectivity index (χ3n) is 5.70. The normalized spacial score (nSPS) is 12.6. The van der Waals surface area contributed by atoms with Crippen LogP contribution in [-0.4, -0.2) is 21.4 Å². The standard InChI is InChI=1S/C25H22N4O3/c1-17-19(10-13-32-17)14-24(30)27-21-8-6-18(7-9-21)25(31)29-16-23-26-11-12-28(23)15-20-4-2-3-5-22(20)29/h2-13H,14-16H2,1H3,(H,27,30). The van der Waals surface area contributed by atoms with Gasteiger partial charge in [0.25, 0.3) is 5.91 Å². The molecule has 1 aliphatic rings. The molecule has 0 unspecified atom stereocenters. The Kier molecular flexibility index (Phi) is 5.07. The number of aromatic nitrogens is 2. The molecule has 32 heavy (non-hydrogen) atoms. The summed E-state index contributed by atoms with van der Waals surface area (Å²) < 4.78 is 7.30. The number of fused-ring (bicyclic) bond motifs is 2. The van der Waals surface area contributed by atoms with Gasteiger partial charge in [0.15, 0.2) is 0 Å². The average molecular weight is 426 g/mol. The van der Waals surface area contributed by atoms with E-state index in [1.807, 2.05) is 37.4 Å². The lowest BCUT2D eigenvalue weighted by Gasteiger charge is -2.22. The lowest BCUT2D eigenvalue weighted by molar-refractivity contribution is -0.115. The largest absolute Gasteiger partial charge is 0.469 e. The monoisotopic (exact) mass is 426 g/mol. The van der Waals surface area contributed by atoms with Crippen molar-refractivity contribution in [2.75, 3.05) is 10.2 Å². The van der Waals surface area contributed by atoms with Gasteiger partial charge in [0.2, 0.25) is 5.91 Å². The van der Waals surface area contributed by atoms with Gasteiger partial charge in [-0.3, -0.25) is 9.59 Å². The van der Waals surface area contributed by atoms with E-state index in [0.29, 0.717) is 24.3 Å². The highest BCUT2D eigenvalue weighted by molar-refractivity contribution is 6.06. The van der Waals surface area contributed by atoms with Crippen LogP contribution < -0.4 is 10.2 Å². The van der Waals surface area contributed by atoms with Gasteiger partial charge in [0, 0.05) is 34.9 Å². The molecule has 0 bridgehead atoms. The molecule has 2 aromatic carbocycles. The molecule has 0 saturated heterocycles. The lowest BCUT2D eigenvalue weighted by Crippen LogP contribution is -2.30. The number of amides is 2. The van der Waals surface area contributed by atoms with Gasteiger partial charge in [-0.05, 0) is 48.9 Å². The zero-order chi connectivity index (χ0) is 22.1. The summed E-state index contributed by atoms with van der Waals surface area (Å²) in [6, 6.07) is 16.7. The Labute approximate surface area is 185 Å². The highest BCUT2D eigenvalue weighted by Gasteiger charge is 2.25. The van der Waals surface area contributed by atoms with E-state index < -0.39 is 0 Å². The molecule has 5 rings (SSSR count). The Morgan fingerprint density at radius 1 is 1.06 bits per heavy atom. The van der Waals surface area contributed by atoms with Gasteiger partial charge >= 0.3 is 0 Å². The molecule has 0 saturated carbocycles. The second-order valence-electron chi connectivity index (χ2n) is 7.80. The van der Waals surface area contributed by atoms with Crippen molar-refractivity contribution in [2.45, 2.75) is 26.4 Å². The molecule has 7 heteroatoms. The number of imidazole rings is 1. The summed E-state index contributed by atoms with van der Waals surface area (Å²) in [5.41, 5.74) is 3.99. The highest BCUT2D eigenvalue weighted by atomic mass is 16.3. The van der Waals surface area contributed by atoms with Crippen LogP contribution in [0, 0.1) is 6.92 Å². The summed E-state index contributed by atoms with van der Waals surface area (Å²) in [6.45, 7) is 2.90. The van der Waals surface area contributed by atoms with Crippen LogP contribution in [0.5, 0.6) is 0 Å². The van der Waals surface area contributed by atoms with Crippen molar-refractivity contribution in [2.24, 2.45) is 0 Å². The maximum Gasteiger partial charge on any atom is 0.258 e. The molecule has 3 heterocycles. The highest BCUT2D eigenvalue weighted by Crippen LogP contribution is 2.28. The number of carbonyl (C=O) groups is 2. The molecule has 160 valence electrons. The quantitative estimate of drug-likeness (QED) is 0.531. The van der Waals surface area contributed by atoms with Crippen LogP contribution in [0.3, 0.4) is 0 Å². The second kappa shape index (κ2) is 8.19. The molecule has 0 spiro atoms. The summed E-state index contributed by atoms with van der Waals surface area (Å²) in [6.07, 6.45) is 5.50. The molecule has 2 amide bonds. The van der Waals surface area contributed by atoms with Gasteiger partial charge in [-0.25, -0.2) is 4.98 Å². The van der Waals surface area contributed by atoms with E-state index in [0.717, 1.165) is 28.4 Å². The van der Waals surface area contributed by atoms with Crippen LogP contribution in [0.25, 0.3) is 0 Å². The first-order valence-corrected chi connectivity index (χ1v) is 10.4. The summed E-state index contributed by atoms with van der Waals surface area (Å²) in [5.74, 6) is 1.33. The van der Waals surface area contributed by atoms with Crippen molar-refractivity contribution in [3.05, 3.63) is 102 Å². The molecule has 1 N–H and O–H groups in total. The van der Waals surface area contributed by atoms with Crippen molar-refractivity contribution in [3.63, 3.8) is 0 Å². The molecule has 1 aliphatic heterocycles. The number of anilines is 2. The van der Waals surface area contributed by atoms with Crippen molar-refractivity contribution in [1.82, 2.24) is 9.55 Å². The number of benzene rings is 2.